The second-order valence-electron chi connectivity index (χ2n) is 4.55. The molecule has 2 rings (SSSR count). The predicted octanol–water partition coefficient (Wildman–Crippen LogP) is 1.84. The third-order valence-corrected chi connectivity index (χ3v) is 3.40. The Morgan fingerprint density at radius 1 is 1.41 bits per heavy atom. The second kappa shape index (κ2) is 4.72. The zero-order chi connectivity index (χ0) is 12.4. The summed E-state index contributed by atoms with van der Waals surface area (Å²) >= 11 is 0. The lowest BCUT2D eigenvalue weighted by molar-refractivity contribution is 0.234. The van der Waals surface area contributed by atoms with E-state index in [2.05, 4.69) is 23.8 Å². The first-order chi connectivity index (χ1) is 8.11. The Balaban J connectivity index is 2.18. The third kappa shape index (κ3) is 2.40. The predicted molar refractivity (Wildman–Crippen MR) is 65.4 cm³/mol. The molecule has 1 aliphatic heterocycles. The molecule has 0 bridgehead atoms. The van der Waals surface area contributed by atoms with E-state index in [1.54, 1.807) is 6.07 Å². The maximum atomic E-state index is 13.5. The van der Waals surface area contributed by atoms with Crippen molar-refractivity contribution >= 4 is 5.69 Å². The van der Waals surface area contributed by atoms with Crippen LogP contribution in [0.15, 0.2) is 18.2 Å². The minimum absolute atomic E-state index is 0.107. The fraction of sp³-hybridized carbons (Fsp3) is 0.462. The van der Waals surface area contributed by atoms with Gasteiger partial charge in [0.05, 0.1) is 5.56 Å². The molecule has 4 heteroatoms. The molecule has 17 heavy (non-hydrogen) atoms. The fourth-order valence-electron chi connectivity index (χ4n) is 2.07. The van der Waals surface area contributed by atoms with Crippen LogP contribution in [0, 0.1) is 17.1 Å². The number of anilines is 1. The van der Waals surface area contributed by atoms with Crippen LogP contribution in [0.3, 0.4) is 0 Å². The topological polar surface area (TPSA) is 30.3 Å². The van der Waals surface area contributed by atoms with E-state index >= 15 is 0 Å². The van der Waals surface area contributed by atoms with Crippen LogP contribution in [0.1, 0.15) is 12.5 Å². The second-order valence-corrected chi connectivity index (χ2v) is 4.55. The summed E-state index contributed by atoms with van der Waals surface area (Å²) in [5, 5.41) is 8.69. The lowest BCUT2D eigenvalue weighted by atomic mass is 10.1. The number of hydrogen-bond acceptors (Lipinski definition) is 3. The van der Waals surface area contributed by atoms with Gasteiger partial charge in [-0.05, 0) is 32.2 Å². The lowest BCUT2D eigenvalue weighted by Gasteiger charge is -2.39. The van der Waals surface area contributed by atoms with E-state index in [4.69, 9.17) is 5.26 Å². The standard InChI is InChI=1S/C13H16FN3/c1-10-9-17(6-5-16(10)2)12-4-3-11(8-15)13(14)7-12/h3-4,7,10H,5-6,9H2,1-2H3. The highest BCUT2D eigenvalue weighted by molar-refractivity contribution is 5.51. The number of halogens is 1. The van der Waals surface area contributed by atoms with Crippen LogP contribution in [0.5, 0.6) is 0 Å². The molecule has 0 aromatic heterocycles. The van der Waals surface area contributed by atoms with Crippen molar-refractivity contribution in [2.75, 3.05) is 31.6 Å². The van der Waals surface area contributed by atoms with Crippen LogP contribution in [0.4, 0.5) is 10.1 Å². The zero-order valence-corrected chi connectivity index (χ0v) is 10.2. The minimum atomic E-state index is -0.434. The van der Waals surface area contributed by atoms with Gasteiger partial charge in [-0.2, -0.15) is 5.26 Å². The van der Waals surface area contributed by atoms with Crippen molar-refractivity contribution in [2.24, 2.45) is 0 Å². The van der Waals surface area contributed by atoms with Crippen LogP contribution in [-0.4, -0.2) is 37.6 Å². The molecule has 0 amide bonds. The number of rotatable bonds is 1. The van der Waals surface area contributed by atoms with Crippen LogP contribution in [0.25, 0.3) is 0 Å². The SMILES string of the molecule is CC1CN(c2ccc(C#N)c(F)c2)CCN1C. The normalized spacial score (nSPS) is 21.3. The zero-order valence-electron chi connectivity index (χ0n) is 10.2. The van der Waals surface area contributed by atoms with Gasteiger partial charge in [0.25, 0.3) is 0 Å². The summed E-state index contributed by atoms with van der Waals surface area (Å²) in [5.41, 5.74) is 0.970. The van der Waals surface area contributed by atoms with Crippen molar-refractivity contribution in [3.63, 3.8) is 0 Å². The molecule has 0 radical (unpaired) electrons. The molecule has 1 aliphatic rings. The smallest absolute Gasteiger partial charge is 0.143 e. The Bertz CT molecular complexity index is 452. The Kier molecular flexibility index (Phi) is 3.30. The van der Waals surface area contributed by atoms with Crippen molar-refractivity contribution in [1.82, 2.24) is 4.90 Å². The van der Waals surface area contributed by atoms with Gasteiger partial charge in [-0.15, -0.1) is 0 Å². The summed E-state index contributed by atoms with van der Waals surface area (Å²) in [4.78, 5) is 4.45. The van der Waals surface area contributed by atoms with E-state index in [0.29, 0.717) is 6.04 Å². The van der Waals surface area contributed by atoms with Crippen LogP contribution >= 0.6 is 0 Å². The molecule has 90 valence electrons. The number of hydrogen-bond donors (Lipinski definition) is 0. The van der Waals surface area contributed by atoms with Crippen LogP contribution in [-0.2, 0) is 0 Å². The van der Waals surface area contributed by atoms with Gasteiger partial charge in [-0.1, -0.05) is 0 Å². The molecule has 0 saturated carbocycles. The van der Waals surface area contributed by atoms with E-state index in [9.17, 15) is 4.39 Å². The van der Waals surface area contributed by atoms with E-state index in [1.165, 1.54) is 6.07 Å². The molecule has 1 aromatic rings. The van der Waals surface area contributed by atoms with Crippen molar-refractivity contribution in [3.8, 4) is 6.07 Å². The molecule has 3 nitrogen and oxygen atoms in total. The monoisotopic (exact) mass is 233 g/mol. The highest BCUT2D eigenvalue weighted by atomic mass is 19.1. The Hall–Kier alpha value is -1.60. The maximum absolute atomic E-state index is 13.5. The van der Waals surface area contributed by atoms with Crippen molar-refractivity contribution < 1.29 is 4.39 Å². The average molecular weight is 233 g/mol. The highest BCUT2D eigenvalue weighted by Crippen LogP contribution is 2.21. The van der Waals surface area contributed by atoms with E-state index in [-0.39, 0.29) is 5.56 Å². The number of nitrogens with zero attached hydrogens (tertiary/aromatic N) is 3. The van der Waals surface area contributed by atoms with E-state index < -0.39 is 5.82 Å². The number of piperazine rings is 1. The van der Waals surface area contributed by atoms with Crippen molar-refractivity contribution in [3.05, 3.63) is 29.6 Å². The molecule has 1 atom stereocenters. The number of likely N-dealkylation sites (N-methyl/N-ethyl adjacent to an activating group) is 1. The van der Waals surface area contributed by atoms with Gasteiger partial charge in [-0.25, -0.2) is 4.39 Å². The molecule has 1 saturated heterocycles. The molecule has 0 N–H and O–H groups in total. The first-order valence-electron chi connectivity index (χ1n) is 5.76. The molecule has 1 unspecified atom stereocenters. The quantitative estimate of drug-likeness (QED) is 0.741. The Morgan fingerprint density at radius 3 is 2.76 bits per heavy atom. The van der Waals surface area contributed by atoms with Crippen molar-refractivity contribution in [1.29, 1.82) is 5.26 Å². The first kappa shape index (κ1) is 11.9. The molecular formula is C13H16FN3. The lowest BCUT2D eigenvalue weighted by Crippen LogP contribution is -2.50. The maximum Gasteiger partial charge on any atom is 0.143 e. The van der Waals surface area contributed by atoms with Gasteiger partial charge in [-0.3, -0.25) is 0 Å². The van der Waals surface area contributed by atoms with E-state index in [0.717, 1.165) is 25.3 Å². The molecule has 1 heterocycles. The number of nitriles is 1. The van der Waals surface area contributed by atoms with Crippen LogP contribution in [0.2, 0.25) is 0 Å². The molecule has 0 aliphatic carbocycles. The Labute approximate surface area is 101 Å². The van der Waals surface area contributed by atoms with Gasteiger partial charge >= 0.3 is 0 Å². The summed E-state index contributed by atoms with van der Waals surface area (Å²) in [5.74, 6) is -0.434. The van der Waals surface area contributed by atoms with Gasteiger partial charge in [0.1, 0.15) is 11.9 Å². The summed E-state index contributed by atoms with van der Waals surface area (Å²) in [6.07, 6.45) is 0. The molecule has 0 spiro atoms. The summed E-state index contributed by atoms with van der Waals surface area (Å²) in [6.45, 7) is 4.92. The van der Waals surface area contributed by atoms with Gasteiger partial charge in [0.2, 0.25) is 0 Å². The van der Waals surface area contributed by atoms with Crippen molar-refractivity contribution in [2.45, 2.75) is 13.0 Å². The van der Waals surface area contributed by atoms with Gasteiger partial charge < -0.3 is 9.80 Å². The fourth-order valence-corrected chi connectivity index (χ4v) is 2.07. The minimum Gasteiger partial charge on any atom is -0.369 e. The summed E-state index contributed by atoms with van der Waals surface area (Å²) in [7, 11) is 2.10. The van der Waals surface area contributed by atoms with Crippen LogP contribution < -0.4 is 4.90 Å². The average Bonchev–Trinajstić information content (AvgIpc) is 2.32. The highest BCUT2D eigenvalue weighted by Gasteiger charge is 2.21. The third-order valence-electron chi connectivity index (χ3n) is 3.40. The van der Waals surface area contributed by atoms with Gasteiger partial charge in [0.15, 0.2) is 0 Å². The molecule has 1 aromatic carbocycles. The summed E-state index contributed by atoms with van der Waals surface area (Å²) in [6, 6.07) is 7.12. The van der Waals surface area contributed by atoms with E-state index in [1.807, 2.05) is 12.1 Å². The number of benzene rings is 1. The molecule has 1 fully saturated rings. The molecular weight excluding hydrogens is 217 g/mol. The first-order valence-corrected chi connectivity index (χ1v) is 5.76. The largest absolute Gasteiger partial charge is 0.369 e. The Morgan fingerprint density at radius 2 is 2.18 bits per heavy atom. The van der Waals surface area contributed by atoms with Gasteiger partial charge in [0, 0.05) is 31.4 Å². The summed E-state index contributed by atoms with van der Waals surface area (Å²) < 4.78 is 13.5.